The highest BCUT2D eigenvalue weighted by molar-refractivity contribution is 7.90. The van der Waals surface area contributed by atoms with Crippen molar-refractivity contribution in [1.82, 2.24) is 19.7 Å². The van der Waals surface area contributed by atoms with E-state index < -0.39 is 44.3 Å². The number of benzene rings is 1. The van der Waals surface area contributed by atoms with Gasteiger partial charge in [0.25, 0.3) is 0 Å². The van der Waals surface area contributed by atoms with Crippen molar-refractivity contribution in [3.63, 3.8) is 0 Å². The molecule has 8 nitrogen and oxygen atoms in total. The molecule has 0 amide bonds. The van der Waals surface area contributed by atoms with E-state index in [1.807, 2.05) is 0 Å². The summed E-state index contributed by atoms with van der Waals surface area (Å²) < 4.78 is 67.0. The zero-order chi connectivity index (χ0) is 20.5. The summed E-state index contributed by atoms with van der Waals surface area (Å²) in [5.74, 6) is -3.34. The molecule has 0 aliphatic heterocycles. The molecule has 0 aliphatic rings. The lowest BCUT2D eigenvalue weighted by molar-refractivity contribution is 0.532. The number of hydrogen-bond acceptors (Lipinski definition) is 7. The largest absolute Gasteiger partial charge is 0.363 e. The number of sulfone groups is 1. The van der Waals surface area contributed by atoms with E-state index >= 15 is 0 Å². The maximum absolute atomic E-state index is 14.4. The predicted octanol–water partition coefficient (Wildman–Crippen LogP) is 2.39. The first-order chi connectivity index (χ1) is 13.1. The monoisotopic (exact) mass is 412 g/mol. The molecule has 2 N–H and O–H groups in total. The lowest BCUT2D eigenvalue weighted by Crippen LogP contribution is -2.12. The fourth-order valence-corrected chi connectivity index (χ4v) is 3.13. The van der Waals surface area contributed by atoms with E-state index in [1.165, 1.54) is 10.9 Å². The molecule has 2 aromatic heterocycles. The SMILES string of the molecule is Cn1cc(Nc2ncc(F)c(NCc3c(F)ccc(S(C)(=O)=O)c3F)n2)cn1. The minimum atomic E-state index is -3.89. The molecule has 0 atom stereocenters. The topological polar surface area (TPSA) is 102 Å². The number of aromatic nitrogens is 4. The molecular weight excluding hydrogens is 397 g/mol. The van der Waals surface area contributed by atoms with Gasteiger partial charge in [-0.1, -0.05) is 0 Å². The number of anilines is 3. The van der Waals surface area contributed by atoms with Crippen molar-refractivity contribution in [2.45, 2.75) is 11.4 Å². The van der Waals surface area contributed by atoms with E-state index in [1.54, 1.807) is 13.2 Å². The molecule has 0 saturated carbocycles. The lowest BCUT2D eigenvalue weighted by Gasteiger charge is -2.11. The van der Waals surface area contributed by atoms with Crippen molar-refractivity contribution in [2.24, 2.45) is 7.05 Å². The third-order valence-corrected chi connectivity index (χ3v) is 4.80. The van der Waals surface area contributed by atoms with Gasteiger partial charge in [-0.05, 0) is 12.1 Å². The second-order valence-corrected chi connectivity index (χ2v) is 7.87. The van der Waals surface area contributed by atoms with E-state index in [-0.39, 0.29) is 11.8 Å². The van der Waals surface area contributed by atoms with Gasteiger partial charge in [0.15, 0.2) is 21.5 Å². The molecular formula is C16H15F3N6O2S. The molecule has 0 fully saturated rings. The first kappa shape index (κ1) is 19.6. The molecule has 3 rings (SSSR count). The zero-order valence-corrected chi connectivity index (χ0v) is 15.6. The maximum Gasteiger partial charge on any atom is 0.229 e. The van der Waals surface area contributed by atoms with Crippen LogP contribution in [0.5, 0.6) is 0 Å². The molecule has 3 aromatic rings. The summed E-state index contributed by atoms with van der Waals surface area (Å²) in [5.41, 5.74) is 0.000654. The van der Waals surface area contributed by atoms with Crippen LogP contribution in [0.3, 0.4) is 0 Å². The first-order valence-electron chi connectivity index (χ1n) is 7.84. The van der Waals surface area contributed by atoms with E-state index in [0.29, 0.717) is 5.69 Å². The van der Waals surface area contributed by atoms with E-state index in [4.69, 9.17) is 0 Å². The quantitative estimate of drug-likeness (QED) is 0.600. The summed E-state index contributed by atoms with van der Waals surface area (Å²) in [7, 11) is -2.18. The maximum atomic E-state index is 14.4. The minimum Gasteiger partial charge on any atom is -0.363 e. The highest BCUT2D eigenvalue weighted by Crippen LogP contribution is 2.23. The van der Waals surface area contributed by atoms with Crippen LogP contribution in [0.25, 0.3) is 0 Å². The molecule has 0 saturated heterocycles. The zero-order valence-electron chi connectivity index (χ0n) is 14.7. The fourth-order valence-electron chi connectivity index (χ4n) is 2.36. The third kappa shape index (κ3) is 4.22. The van der Waals surface area contributed by atoms with Crippen LogP contribution in [0.4, 0.5) is 30.6 Å². The van der Waals surface area contributed by atoms with Crippen LogP contribution in [-0.2, 0) is 23.4 Å². The Labute approximate surface area is 158 Å². The van der Waals surface area contributed by atoms with Gasteiger partial charge in [-0.15, -0.1) is 0 Å². The second-order valence-electron chi connectivity index (χ2n) is 5.88. The van der Waals surface area contributed by atoms with Crippen molar-refractivity contribution in [3.8, 4) is 0 Å². The highest BCUT2D eigenvalue weighted by Gasteiger charge is 2.20. The van der Waals surface area contributed by atoms with Crippen LogP contribution in [-0.4, -0.2) is 34.4 Å². The molecule has 0 spiro atoms. The van der Waals surface area contributed by atoms with Gasteiger partial charge in [0.1, 0.15) is 16.5 Å². The number of nitrogens with zero attached hydrogens (tertiary/aromatic N) is 4. The molecule has 0 radical (unpaired) electrons. The molecule has 12 heteroatoms. The smallest absolute Gasteiger partial charge is 0.229 e. The minimum absolute atomic E-state index is 0.0303. The van der Waals surface area contributed by atoms with Gasteiger partial charge in [-0.2, -0.15) is 10.1 Å². The van der Waals surface area contributed by atoms with Crippen LogP contribution in [0, 0.1) is 17.5 Å². The molecule has 2 heterocycles. The Morgan fingerprint density at radius 1 is 1.14 bits per heavy atom. The van der Waals surface area contributed by atoms with Gasteiger partial charge in [0.2, 0.25) is 5.95 Å². The Balaban J connectivity index is 1.84. The van der Waals surface area contributed by atoms with Gasteiger partial charge in [0.05, 0.1) is 18.1 Å². The molecule has 28 heavy (non-hydrogen) atoms. The van der Waals surface area contributed by atoms with Gasteiger partial charge in [0, 0.05) is 31.6 Å². The highest BCUT2D eigenvalue weighted by atomic mass is 32.2. The Bertz CT molecular complexity index is 1130. The standard InChI is InChI=1S/C16H15F3N6O2S/c1-25-8-9(5-22-25)23-16-21-7-12(18)15(24-16)20-6-10-11(17)3-4-13(14(10)19)28(2,26)27/h3-5,7-8H,6H2,1-2H3,(H2,20,21,23,24). The third-order valence-electron chi connectivity index (χ3n) is 3.69. The Morgan fingerprint density at radius 3 is 2.54 bits per heavy atom. The van der Waals surface area contributed by atoms with Crippen LogP contribution < -0.4 is 10.6 Å². The number of aryl methyl sites for hydroxylation is 1. The van der Waals surface area contributed by atoms with Crippen molar-refractivity contribution >= 4 is 27.3 Å². The first-order valence-corrected chi connectivity index (χ1v) is 9.73. The normalized spacial score (nSPS) is 11.5. The van der Waals surface area contributed by atoms with E-state index in [9.17, 15) is 21.6 Å². The van der Waals surface area contributed by atoms with Crippen molar-refractivity contribution in [2.75, 3.05) is 16.9 Å². The summed E-state index contributed by atoms with van der Waals surface area (Å²) in [6.45, 7) is -0.526. The average molecular weight is 412 g/mol. The molecule has 0 aliphatic carbocycles. The molecule has 0 bridgehead atoms. The summed E-state index contributed by atoms with van der Waals surface area (Å²) in [5, 5.41) is 9.21. The molecule has 0 unspecified atom stereocenters. The van der Waals surface area contributed by atoms with Crippen molar-refractivity contribution < 1.29 is 21.6 Å². The summed E-state index contributed by atoms with van der Waals surface area (Å²) in [4.78, 5) is 7.05. The Morgan fingerprint density at radius 2 is 1.89 bits per heavy atom. The lowest BCUT2D eigenvalue weighted by atomic mass is 10.2. The molecule has 148 valence electrons. The van der Waals surface area contributed by atoms with Crippen molar-refractivity contribution in [1.29, 1.82) is 0 Å². The fraction of sp³-hybridized carbons (Fsp3) is 0.188. The number of hydrogen-bond donors (Lipinski definition) is 2. The van der Waals surface area contributed by atoms with Crippen LogP contribution in [0.1, 0.15) is 5.56 Å². The predicted molar refractivity (Wildman–Crippen MR) is 95.3 cm³/mol. The van der Waals surface area contributed by atoms with Crippen LogP contribution in [0.15, 0.2) is 35.6 Å². The summed E-state index contributed by atoms with van der Waals surface area (Å²) in [6, 6.07) is 1.67. The van der Waals surface area contributed by atoms with E-state index in [2.05, 4.69) is 25.7 Å². The van der Waals surface area contributed by atoms with Gasteiger partial charge < -0.3 is 10.6 Å². The van der Waals surface area contributed by atoms with E-state index in [0.717, 1.165) is 24.6 Å². The van der Waals surface area contributed by atoms with Gasteiger partial charge in [-0.25, -0.2) is 26.6 Å². The number of nitrogens with one attached hydrogen (secondary N) is 2. The van der Waals surface area contributed by atoms with Gasteiger partial charge >= 0.3 is 0 Å². The molecule has 1 aromatic carbocycles. The van der Waals surface area contributed by atoms with Crippen LogP contribution in [0.2, 0.25) is 0 Å². The Hall–Kier alpha value is -3.15. The number of rotatable bonds is 6. The van der Waals surface area contributed by atoms with Gasteiger partial charge in [-0.3, -0.25) is 4.68 Å². The summed E-state index contributed by atoms with van der Waals surface area (Å²) in [6.07, 6.45) is 4.83. The van der Waals surface area contributed by atoms with Crippen LogP contribution >= 0.6 is 0 Å². The Kier molecular flexibility index (Phi) is 5.23. The second kappa shape index (κ2) is 7.46. The average Bonchev–Trinajstić information content (AvgIpc) is 3.01. The number of halogens is 3. The summed E-state index contributed by atoms with van der Waals surface area (Å²) >= 11 is 0. The van der Waals surface area contributed by atoms with Crippen molar-refractivity contribution in [3.05, 3.63) is 53.7 Å².